The lowest BCUT2D eigenvalue weighted by molar-refractivity contribution is 0.608. The summed E-state index contributed by atoms with van der Waals surface area (Å²) >= 11 is 1.70. The topological polar surface area (TPSA) is 49.6 Å². The van der Waals surface area contributed by atoms with E-state index in [9.17, 15) is 5.26 Å². The van der Waals surface area contributed by atoms with Gasteiger partial charge in [-0.25, -0.2) is 9.97 Å². The summed E-state index contributed by atoms with van der Waals surface area (Å²) in [5, 5.41) is 15.8. The molecule has 0 fully saturated rings. The number of hydrogen-bond acceptors (Lipinski definition) is 4. The quantitative estimate of drug-likeness (QED) is 0.182. The van der Waals surface area contributed by atoms with Gasteiger partial charge in [0.05, 0.1) is 16.8 Å². The number of aromatic nitrogens is 2. The molecule has 2 heterocycles. The van der Waals surface area contributed by atoms with Crippen LogP contribution in [0.3, 0.4) is 0 Å². The second kappa shape index (κ2) is 10.9. The molecule has 1 aliphatic heterocycles. The Bertz CT molecular complexity index is 2650. The summed E-state index contributed by atoms with van der Waals surface area (Å²) < 4.78 is 0. The first-order chi connectivity index (χ1) is 23.5. The number of benzene rings is 7. The summed E-state index contributed by atoms with van der Waals surface area (Å²) in [6, 6.07) is 51.4. The Hall–Kier alpha value is -5.76. The molecule has 1 aromatic heterocycles. The van der Waals surface area contributed by atoms with Crippen molar-refractivity contribution in [3.05, 3.63) is 156 Å². The second-order valence-corrected chi connectivity index (χ2v) is 13.9. The van der Waals surface area contributed by atoms with Crippen LogP contribution in [0.15, 0.2) is 149 Å². The van der Waals surface area contributed by atoms with Crippen LogP contribution in [0.1, 0.15) is 30.5 Å². The average Bonchev–Trinajstić information content (AvgIpc) is 3.13. The van der Waals surface area contributed by atoms with Crippen molar-refractivity contribution in [1.82, 2.24) is 9.97 Å². The smallest absolute Gasteiger partial charge is 0.161 e. The molecular formula is C44H29N3S. The van der Waals surface area contributed by atoms with Crippen LogP contribution in [0.5, 0.6) is 0 Å². The van der Waals surface area contributed by atoms with E-state index >= 15 is 0 Å². The Labute approximate surface area is 283 Å². The molecule has 0 atom stereocenters. The van der Waals surface area contributed by atoms with Gasteiger partial charge >= 0.3 is 0 Å². The van der Waals surface area contributed by atoms with Crippen molar-refractivity contribution in [2.75, 3.05) is 0 Å². The van der Waals surface area contributed by atoms with E-state index in [1.165, 1.54) is 37.6 Å². The van der Waals surface area contributed by atoms with Crippen molar-refractivity contribution in [2.24, 2.45) is 0 Å². The van der Waals surface area contributed by atoms with Crippen LogP contribution in [-0.2, 0) is 5.41 Å². The van der Waals surface area contributed by atoms with Gasteiger partial charge in [0.1, 0.15) is 6.07 Å². The molecule has 1 aliphatic rings. The second-order valence-electron chi connectivity index (χ2n) is 12.8. The van der Waals surface area contributed by atoms with Gasteiger partial charge in [0.25, 0.3) is 0 Å². The molecule has 0 saturated carbocycles. The van der Waals surface area contributed by atoms with Gasteiger partial charge in [0.15, 0.2) is 5.82 Å². The van der Waals surface area contributed by atoms with E-state index in [-0.39, 0.29) is 5.41 Å². The van der Waals surface area contributed by atoms with Crippen LogP contribution in [0.4, 0.5) is 0 Å². The zero-order chi connectivity index (χ0) is 32.4. The Morgan fingerprint density at radius 2 is 1.25 bits per heavy atom. The predicted molar refractivity (Wildman–Crippen MR) is 198 cm³/mol. The Morgan fingerprint density at radius 1 is 0.583 bits per heavy atom. The number of hydrogen-bond donors (Lipinski definition) is 0. The lowest BCUT2D eigenvalue weighted by Gasteiger charge is -2.37. The molecule has 8 aromatic rings. The molecule has 0 spiro atoms. The van der Waals surface area contributed by atoms with Crippen molar-refractivity contribution >= 4 is 44.2 Å². The van der Waals surface area contributed by atoms with Gasteiger partial charge in [-0.3, -0.25) is 0 Å². The molecule has 0 radical (unpaired) electrons. The van der Waals surface area contributed by atoms with E-state index in [4.69, 9.17) is 9.97 Å². The molecular weight excluding hydrogens is 603 g/mol. The largest absolute Gasteiger partial charge is 0.228 e. The number of rotatable bonds is 3. The fourth-order valence-corrected chi connectivity index (χ4v) is 9.01. The van der Waals surface area contributed by atoms with E-state index in [2.05, 4.69) is 141 Å². The Balaban J connectivity index is 1.30. The standard InChI is InChI=1S/C44H29N3S/c1-44(2)37-22-11-14-28(26-45)42(37)48-39-24-12-21-33(40(39)44)32-18-7-8-19-34(32)43-46-38-23-10-9-20-35(38)41(47-43)36-25-27-13-3-4-15-29(27)30-16-5-6-17-31(30)36/h3-25H,1-2H3. The predicted octanol–water partition coefficient (Wildman–Crippen LogP) is 11.6. The van der Waals surface area contributed by atoms with Crippen LogP contribution in [-0.4, -0.2) is 9.97 Å². The summed E-state index contributed by atoms with van der Waals surface area (Å²) in [7, 11) is 0. The molecule has 0 aliphatic carbocycles. The highest BCUT2D eigenvalue weighted by Gasteiger charge is 2.37. The molecule has 0 unspecified atom stereocenters. The third kappa shape index (κ3) is 4.29. The van der Waals surface area contributed by atoms with Crippen molar-refractivity contribution in [1.29, 1.82) is 5.26 Å². The van der Waals surface area contributed by atoms with Crippen LogP contribution < -0.4 is 0 Å². The van der Waals surface area contributed by atoms with Gasteiger partial charge in [-0.15, -0.1) is 0 Å². The number of nitrogens with zero attached hydrogens (tertiary/aromatic N) is 3. The van der Waals surface area contributed by atoms with E-state index < -0.39 is 0 Å². The van der Waals surface area contributed by atoms with Crippen LogP contribution >= 0.6 is 11.8 Å². The summed E-state index contributed by atoms with van der Waals surface area (Å²) in [4.78, 5) is 12.9. The summed E-state index contributed by atoms with van der Waals surface area (Å²) in [6.07, 6.45) is 0. The average molecular weight is 632 g/mol. The van der Waals surface area contributed by atoms with Gasteiger partial charge < -0.3 is 0 Å². The molecule has 3 nitrogen and oxygen atoms in total. The maximum Gasteiger partial charge on any atom is 0.161 e. The third-order valence-electron chi connectivity index (χ3n) is 9.76. The van der Waals surface area contributed by atoms with Gasteiger partial charge in [-0.1, -0.05) is 141 Å². The maximum absolute atomic E-state index is 9.92. The highest BCUT2D eigenvalue weighted by molar-refractivity contribution is 7.99. The minimum atomic E-state index is -0.327. The monoisotopic (exact) mass is 631 g/mol. The molecule has 9 rings (SSSR count). The summed E-state index contributed by atoms with van der Waals surface area (Å²) in [6.45, 7) is 4.54. The lowest BCUT2D eigenvalue weighted by Crippen LogP contribution is -2.25. The van der Waals surface area contributed by atoms with Gasteiger partial charge in [-0.05, 0) is 68.1 Å². The molecule has 0 saturated heterocycles. The minimum absolute atomic E-state index is 0.327. The molecule has 4 heteroatoms. The highest BCUT2D eigenvalue weighted by Crippen LogP contribution is 2.53. The minimum Gasteiger partial charge on any atom is -0.228 e. The van der Waals surface area contributed by atoms with Crippen molar-refractivity contribution in [3.8, 4) is 39.8 Å². The van der Waals surface area contributed by atoms with E-state index in [0.29, 0.717) is 5.82 Å². The van der Waals surface area contributed by atoms with Gasteiger partial charge in [0, 0.05) is 31.7 Å². The molecule has 0 bridgehead atoms. The zero-order valence-corrected chi connectivity index (χ0v) is 27.3. The SMILES string of the molecule is CC1(C)c2cccc(C#N)c2Sc2cccc(-c3ccccc3-c3nc(-c4cc5ccccc5c5ccccc45)c4ccccc4n3)c21. The fourth-order valence-electron chi connectivity index (χ4n) is 7.52. The van der Waals surface area contributed by atoms with Crippen molar-refractivity contribution in [3.63, 3.8) is 0 Å². The van der Waals surface area contributed by atoms with Crippen LogP contribution in [0.25, 0.3) is 66.2 Å². The molecule has 0 N–H and O–H groups in total. The first-order valence-corrected chi connectivity index (χ1v) is 17.0. The number of fused-ring (bicyclic) bond motifs is 6. The third-order valence-corrected chi connectivity index (χ3v) is 11.0. The van der Waals surface area contributed by atoms with Crippen molar-refractivity contribution in [2.45, 2.75) is 29.1 Å². The highest BCUT2D eigenvalue weighted by atomic mass is 32.2. The molecule has 7 aromatic carbocycles. The van der Waals surface area contributed by atoms with E-state index in [0.717, 1.165) is 49.3 Å². The zero-order valence-electron chi connectivity index (χ0n) is 26.5. The molecule has 226 valence electrons. The van der Waals surface area contributed by atoms with E-state index in [1.807, 2.05) is 18.2 Å². The summed E-state index contributed by atoms with van der Waals surface area (Å²) in [5.74, 6) is 0.697. The first kappa shape index (κ1) is 28.5. The summed E-state index contributed by atoms with van der Waals surface area (Å²) in [5.41, 5.74) is 9.00. The Kier molecular flexibility index (Phi) is 6.47. The first-order valence-electron chi connectivity index (χ1n) is 16.2. The van der Waals surface area contributed by atoms with Crippen molar-refractivity contribution < 1.29 is 0 Å². The number of para-hydroxylation sites is 1. The van der Waals surface area contributed by atoms with Gasteiger partial charge in [0.2, 0.25) is 0 Å². The Morgan fingerprint density at radius 3 is 2.08 bits per heavy atom. The van der Waals surface area contributed by atoms with Crippen LogP contribution in [0, 0.1) is 11.3 Å². The lowest BCUT2D eigenvalue weighted by atomic mass is 9.73. The van der Waals surface area contributed by atoms with Gasteiger partial charge in [-0.2, -0.15) is 5.26 Å². The number of nitriles is 1. The van der Waals surface area contributed by atoms with Crippen LogP contribution in [0.2, 0.25) is 0 Å². The normalized spacial score (nSPS) is 13.3. The van der Waals surface area contributed by atoms with E-state index in [1.54, 1.807) is 11.8 Å². The maximum atomic E-state index is 9.92. The molecule has 48 heavy (non-hydrogen) atoms. The fraction of sp³-hybridized carbons (Fsp3) is 0.0682. The molecule has 0 amide bonds.